The third kappa shape index (κ3) is 18.2. The number of benzene rings is 1. The molecule has 0 spiro atoms. The first kappa shape index (κ1) is 34.2. The third-order valence-corrected chi connectivity index (χ3v) is 8.96. The van der Waals surface area contributed by atoms with Gasteiger partial charge in [0.25, 0.3) is 0 Å². The maximum absolute atomic E-state index is 2.58. The molecule has 0 heterocycles. The Hall–Kier alpha value is -0.780. The summed E-state index contributed by atoms with van der Waals surface area (Å²) in [5.41, 5.74) is 3.49. The molecule has 0 aliphatic rings. The Balaban J connectivity index is 2.21. The molecule has 0 aliphatic carbocycles. The maximum Gasteiger partial charge on any atom is -0.00726 e. The summed E-state index contributed by atoms with van der Waals surface area (Å²) in [6.07, 6.45) is 37.3. The van der Waals surface area contributed by atoms with E-state index in [1.54, 1.807) is 5.56 Å². The molecule has 1 aromatic carbocycles. The molecule has 0 N–H and O–H groups in total. The third-order valence-electron chi connectivity index (χ3n) is 8.96. The van der Waals surface area contributed by atoms with Gasteiger partial charge in [-0.15, -0.1) is 0 Å². The summed E-state index contributed by atoms with van der Waals surface area (Å²) in [5.74, 6) is 0. The van der Waals surface area contributed by atoms with Gasteiger partial charge in [-0.05, 0) is 36.3 Å². The van der Waals surface area contributed by atoms with E-state index >= 15 is 0 Å². The number of hydrogen-bond acceptors (Lipinski definition) is 0. The van der Waals surface area contributed by atoms with Crippen molar-refractivity contribution in [3.05, 3.63) is 35.4 Å². The fourth-order valence-corrected chi connectivity index (χ4v) is 6.36. The molecule has 0 radical (unpaired) electrons. The van der Waals surface area contributed by atoms with Crippen LogP contribution in [0.1, 0.15) is 199 Å². The fourth-order valence-electron chi connectivity index (χ4n) is 6.36. The van der Waals surface area contributed by atoms with Crippen LogP contribution in [-0.2, 0) is 5.41 Å². The number of rotatable bonds is 27. The molecule has 0 aromatic heterocycles. The quantitative estimate of drug-likeness (QED) is 0.103. The monoisotopic (exact) mass is 513 g/mol. The van der Waals surface area contributed by atoms with Crippen molar-refractivity contribution in [2.75, 3.05) is 0 Å². The van der Waals surface area contributed by atoms with Gasteiger partial charge in [0, 0.05) is 0 Å². The summed E-state index contributed by atoms with van der Waals surface area (Å²) in [5, 5.41) is 0. The highest BCUT2D eigenvalue weighted by Crippen LogP contribution is 2.37. The first-order chi connectivity index (χ1) is 18.1. The smallest absolute Gasteiger partial charge is 0.00726 e. The van der Waals surface area contributed by atoms with Crippen LogP contribution in [0.4, 0.5) is 0 Å². The second-order valence-electron chi connectivity index (χ2n) is 12.7. The Morgan fingerprint density at radius 3 is 1.05 bits per heavy atom. The molecule has 0 heteroatoms. The van der Waals surface area contributed by atoms with Gasteiger partial charge < -0.3 is 0 Å². The van der Waals surface area contributed by atoms with E-state index < -0.39 is 0 Å². The zero-order valence-electron chi connectivity index (χ0n) is 26.2. The van der Waals surface area contributed by atoms with Gasteiger partial charge in [0.1, 0.15) is 0 Å². The van der Waals surface area contributed by atoms with Gasteiger partial charge in [0.05, 0.1) is 0 Å². The lowest BCUT2D eigenvalue weighted by Crippen LogP contribution is -2.23. The van der Waals surface area contributed by atoms with Crippen LogP contribution < -0.4 is 0 Å². The van der Waals surface area contributed by atoms with E-state index in [4.69, 9.17) is 0 Å². The molecule has 1 aromatic rings. The normalized spacial score (nSPS) is 11.9. The van der Waals surface area contributed by atoms with E-state index in [1.807, 2.05) is 0 Å². The average molecular weight is 513 g/mol. The largest absolute Gasteiger partial charge is 0.0654 e. The summed E-state index contributed by atoms with van der Waals surface area (Å²) in [6, 6.07) is 9.24. The number of aryl methyl sites for hydroxylation is 1. The highest BCUT2D eigenvalue weighted by molar-refractivity contribution is 5.32. The van der Waals surface area contributed by atoms with Crippen molar-refractivity contribution in [2.24, 2.45) is 0 Å². The Morgan fingerprint density at radius 1 is 0.432 bits per heavy atom. The fraction of sp³-hybridized carbons (Fsp3) is 0.838. The molecule has 0 aliphatic heterocycles. The van der Waals surface area contributed by atoms with Gasteiger partial charge in [-0.2, -0.15) is 0 Å². The van der Waals surface area contributed by atoms with Crippen LogP contribution >= 0.6 is 0 Å². The topological polar surface area (TPSA) is 0 Å². The second kappa shape index (κ2) is 24.3. The van der Waals surface area contributed by atoms with Crippen molar-refractivity contribution in [3.63, 3.8) is 0 Å². The van der Waals surface area contributed by atoms with Gasteiger partial charge in [-0.3, -0.25) is 0 Å². The van der Waals surface area contributed by atoms with Crippen molar-refractivity contribution in [2.45, 2.75) is 200 Å². The predicted octanol–water partition coefficient (Wildman–Crippen LogP) is 13.4. The molecule has 0 saturated heterocycles. The van der Waals surface area contributed by atoms with E-state index in [0.29, 0.717) is 5.41 Å². The average Bonchev–Trinajstić information content (AvgIpc) is 2.90. The summed E-state index contributed by atoms with van der Waals surface area (Å²) in [7, 11) is 0. The van der Waals surface area contributed by atoms with Crippen molar-refractivity contribution in [1.29, 1.82) is 0 Å². The van der Waals surface area contributed by atoms with E-state index in [2.05, 4.69) is 52.0 Å². The van der Waals surface area contributed by atoms with Crippen molar-refractivity contribution >= 4 is 0 Å². The van der Waals surface area contributed by atoms with Crippen LogP contribution in [0.3, 0.4) is 0 Å². The van der Waals surface area contributed by atoms with Crippen molar-refractivity contribution < 1.29 is 0 Å². The molecule has 0 unspecified atom stereocenters. The standard InChI is InChI=1S/C37H68/c1-5-7-9-11-13-15-17-19-21-23-25-29-33-37(4,36-32-28-27-31-35(36)3)34-30-26-24-22-20-18-16-14-12-10-8-6-2/h27-28,31-32H,5-26,29-30,33-34H2,1-4H3. The van der Waals surface area contributed by atoms with Crippen LogP contribution in [0, 0.1) is 6.92 Å². The van der Waals surface area contributed by atoms with Gasteiger partial charge >= 0.3 is 0 Å². The first-order valence-corrected chi connectivity index (χ1v) is 17.2. The molecule has 0 fully saturated rings. The lowest BCUT2D eigenvalue weighted by molar-refractivity contribution is 0.360. The van der Waals surface area contributed by atoms with Crippen LogP contribution in [0.5, 0.6) is 0 Å². The minimum absolute atomic E-state index is 0.363. The van der Waals surface area contributed by atoms with Crippen LogP contribution in [-0.4, -0.2) is 0 Å². The molecule has 0 amide bonds. The Labute approximate surface area is 235 Å². The minimum atomic E-state index is 0.363. The number of unbranched alkanes of at least 4 members (excludes halogenated alkanes) is 22. The second-order valence-corrected chi connectivity index (χ2v) is 12.7. The zero-order valence-corrected chi connectivity index (χ0v) is 26.2. The highest BCUT2D eigenvalue weighted by Gasteiger charge is 2.26. The lowest BCUT2D eigenvalue weighted by Gasteiger charge is -2.32. The van der Waals surface area contributed by atoms with Gasteiger partial charge in [0.2, 0.25) is 0 Å². The van der Waals surface area contributed by atoms with Gasteiger partial charge in [-0.25, -0.2) is 0 Å². The summed E-state index contributed by atoms with van der Waals surface area (Å²) < 4.78 is 0. The van der Waals surface area contributed by atoms with Crippen molar-refractivity contribution in [1.82, 2.24) is 0 Å². The van der Waals surface area contributed by atoms with E-state index in [0.717, 1.165) is 0 Å². The summed E-state index contributed by atoms with van der Waals surface area (Å²) >= 11 is 0. The minimum Gasteiger partial charge on any atom is -0.0654 e. The van der Waals surface area contributed by atoms with Gasteiger partial charge in [0.15, 0.2) is 0 Å². The van der Waals surface area contributed by atoms with Crippen LogP contribution in [0.2, 0.25) is 0 Å². The van der Waals surface area contributed by atoms with Crippen molar-refractivity contribution in [3.8, 4) is 0 Å². The molecule has 216 valence electrons. The zero-order chi connectivity index (χ0) is 26.9. The van der Waals surface area contributed by atoms with E-state index in [1.165, 1.54) is 173 Å². The maximum atomic E-state index is 2.58. The molecule has 0 bridgehead atoms. The number of hydrogen-bond donors (Lipinski definition) is 0. The summed E-state index contributed by atoms with van der Waals surface area (Å²) in [4.78, 5) is 0. The Bertz CT molecular complexity index is 572. The molecule has 0 saturated carbocycles. The Kier molecular flexibility index (Phi) is 22.5. The van der Waals surface area contributed by atoms with E-state index in [9.17, 15) is 0 Å². The van der Waals surface area contributed by atoms with Crippen LogP contribution in [0.15, 0.2) is 24.3 Å². The molecule has 0 nitrogen and oxygen atoms in total. The highest BCUT2D eigenvalue weighted by atomic mass is 14.3. The molecular weight excluding hydrogens is 444 g/mol. The molecule has 0 atom stereocenters. The lowest BCUT2D eigenvalue weighted by atomic mass is 9.72. The van der Waals surface area contributed by atoms with Gasteiger partial charge in [-0.1, -0.05) is 199 Å². The van der Waals surface area contributed by atoms with E-state index in [-0.39, 0.29) is 0 Å². The molecule has 1 rings (SSSR count). The predicted molar refractivity (Wildman–Crippen MR) is 170 cm³/mol. The SMILES string of the molecule is CCCCCCCCCCCCCCC(C)(CCCCCCCCCCCCCC)c1ccccc1C. The first-order valence-electron chi connectivity index (χ1n) is 17.2. The Morgan fingerprint density at radius 2 is 0.730 bits per heavy atom. The molecular formula is C37H68. The molecule has 37 heavy (non-hydrogen) atoms. The van der Waals surface area contributed by atoms with Crippen LogP contribution in [0.25, 0.3) is 0 Å². The summed E-state index contributed by atoms with van der Waals surface area (Å²) in [6.45, 7) is 9.52.